The number of aliphatic carboxylic acids is 3. The molecule has 13 N–H and O–H groups in total. The number of alkyl halides is 1. The summed E-state index contributed by atoms with van der Waals surface area (Å²) in [5.74, 6) is -1.55. The smallest absolute Gasteiger partial charge is 0.407 e. The molecule has 564 valence electrons. The number of rotatable bonds is 34. The molecule has 0 fully saturated rings. The fraction of sp³-hybridized carbons (Fsp3) is 0.382. The Morgan fingerprint density at radius 2 is 1.27 bits per heavy atom. The molecule has 1 heterocycles. The number of nitrogens with two attached hydrogens (primary N) is 3. The van der Waals surface area contributed by atoms with Gasteiger partial charge < -0.3 is 51.0 Å². The summed E-state index contributed by atoms with van der Waals surface area (Å²) in [4.78, 5) is 87.3. The van der Waals surface area contributed by atoms with Crippen molar-refractivity contribution in [1.82, 2.24) is 25.6 Å². The molecule has 0 aliphatic heterocycles. The molecule has 1 aliphatic rings. The molecule has 0 spiro atoms. The SMILES string of the molecule is C#CCOC(=O)C(=C)C.C=C(C)C(=O)OCc1cn(CCCCCC(=O)NC(CCC[NH+]=C(N)N)C(=O)O)nn1.CC(N)=NCCCC(NC(=O)OCC1c2ccccc2-c2ccccc21)C(=O)O.CCO.Cc1ccc(C(Cl)(c2ccccc2)c2ccccc2Cl)cc1.[N-]=[N+]=NCCCCCC(=O)O. The lowest BCUT2D eigenvalue weighted by Crippen LogP contribution is -2.78. The Morgan fingerprint density at radius 3 is 1.83 bits per heavy atom. The van der Waals surface area contributed by atoms with Gasteiger partial charge in [0.2, 0.25) is 5.91 Å². The summed E-state index contributed by atoms with van der Waals surface area (Å²) in [5, 5.41) is 51.2. The van der Waals surface area contributed by atoms with Gasteiger partial charge in [-0.25, -0.2) is 24.0 Å². The van der Waals surface area contributed by atoms with Crippen LogP contribution < -0.4 is 32.8 Å². The summed E-state index contributed by atoms with van der Waals surface area (Å²) < 4.78 is 16.5. The first kappa shape index (κ1) is 90.0. The van der Waals surface area contributed by atoms with Crippen molar-refractivity contribution >= 4 is 76.8 Å². The average Bonchev–Trinajstić information content (AvgIpc) is 1.59. The molecule has 3 unspecified atom stereocenters. The molecule has 2 amide bonds. The molecule has 0 saturated carbocycles. The van der Waals surface area contributed by atoms with E-state index in [1.807, 2.05) is 91.0 Å². The number of terminal acetylenes is 1. The Bertz CT molecular complexity index is 3840. The van der Waals surface area contributed by atoms with Crippen molar-refractivity contribution in [3.63, 3.8) is 0 Å². The summed E-state index contributed by atoms with van der Waals surface area (Å²) in [5.41, 5.74) is 33.7. The summed E-state index contributed by atoms with van der Waals surface area (Å²) >= 11 is 13.6. The zero-order valence-corrected chi connectivity index (χ0v) is 61.6. The number of alkyl carbamates (subject to hydrolysis) is 1. The largest absolute Gasteiger partial charge is 0.481 e. The highest BCUT2D eigenvalue weighted by Gasteiger charge is 2.36. The molecule has 3 atom stereocenters. The van der Waals surface area contributed by atoms with Crippen LogP contribution in [0, 0.1) is 19.3 Å². The van der Waals surface area contributed by atoms with Crippen LogP contribution in [0.4, 0.5) is 4.79 Å². The van der Waals surface area contributed by atoms with Crippen molar-refractivity contribution in [2.24, 2.45) is 27.3 Å². The van der Waals surface area contributed by atoms with E-state index in [1.165, 1.54) is 5.56 Å². The van der Waals surface area contributed by atoms with Gasteiger partial charge in [-0.3, -0.25) is 35.7 Å². The van der Waals surface area contributed by atoms with Crippen LogP contribution in [-0.4, -0.2) is 141 Å². The lowest BCUT2D eigenvalue weighted by atomic mass is 9.84. The molecule has 1 aliphatic carbocycles. The third-order valence-electron chi connectivity index (χ3n) is 14.9. The number of esters is 2. The predicted octanol–water partition coefficient (Wildman–Crippen LogP) is 10.2. The third kappa shape index (κ3) is 35.6. The van der Waals surface area contributed by atoms with Crippen molar-refractivity contribution in [2.45, 2.75) is 148 Å². The van der Waals surface area contributed by atoms with Gasteiger partial charge in [-0.1, -0.05) is 181 Å². The van der Waals surface area contributed by atoms with E-state index in [9.17, 15) is 43.8 Å². The Kier molecular flexibility index (Phi) is 43.9. The highest BCUT2D eigenvalue weighted by atomic mass is 35.5. The highest BCUT2D eigenvalue weighted by molar-refractivity contribution is 6.34. The summed E-state index contributed by atoms with van der Waals surface area (Å²) in [6.07, 6.45) is 12.1. The molecular weight excluding hydrogens is 1390 g/mol. The van der Waals surface area contributed by atoms with Crippen LogP contribution in [0.25, 0.3) is 21.6 Å². The number of fused-ring (bicyclic) bond motifs is 3. The number of hydrogen-bond acceptors (Lipinski definition) is 15. The predicted molar refractivity (Wildman–Crippen MR) is 404 cm³/mol. The second-order valence-corrected chi connectivity index (χ2v) is 24.5. The van der Waals surface area contributed by atoms with Gasteiger partial charge in [-0.15, -0.1) is 23.1 Å². The van der Waals surface area contributed by atoms with Gasteiger partial charge in [0.25, 0.3) is 0 Å². The Labute approximate surface area is 623 Å². The Hall–Kier alpha value is -11.0. The highest BCUT2D eigenvalue weighted by Crippen LogP contribution is 2.46. The fourth-order valence-corrected chi connectivity index (χ4v) is 10.5. The lowest BCUT2D eigenvalue weighted by Gasteiger charge is -2.30. The van der Waals surface area contributed by atoms with Crippen molar-refractivity contribution < 1.29 is 73.2 Å². The second-order valence-electron chi connectivity index (χ2n) is 23.6. The number of nitrogens with zero attached hydrogens (tertiary/aromatic N) is 7. The van der Waals surface area contributed by atoms with Crippen molar-refractivity contribution in [2.75, 3.05) is 39.5 Å². The number of aromatic nitrogens is 3. The van der Waals surface area contributed by atoms with Crippen molar-refractivity contribution in [3.8, 4) is 23.5 Å². The molecule has 105 heavy (non-hydrogen) atoms. The minimum Gasteiger partial charge on any atom is -0.481 e. The van der Waals surface area contributed by atoms with Crippen LogP contribution in [-0.2, 0) is 61.0 Å². The average molecular weight is 1490 g/mol. The molecule has 0 saturated heterocycles. The maximum absolute atomic E-state index is 12.2. The number of ether oxygens (including phenoxy) is 3. The number of nitrogens with one attached hydrogen (secondary N) is 3. The number of aliphatic hydroxyl groups is 1. The fourth-order valence-electron chi connectivity index (χ4n) is 9.75. The minimum atomic E-state index is -1.10. The number of carboxylic acid groups (broad SMARTS) is 3. The number of carboxylic acids is 3. The monoisotopic (exact) mass is 1490 g/mol. The van der Waals surface area contributed by atoms with E-state index in [2.05, 4.69) is 108 Å². The molecular formula is C76H98Cl2N13O14+. The molecule has 1 aromatic heterocycles. The van der Waals surface area contributed by atoms with Crippen LogP contribution >= 0.6 is 23.2 Å². The first-order valence-electron chi connectivity index (χ1n) is 33.8. The number of aryl methyl sites for hydroxylation is 2. The number of amides is 2. The van der Waals surface area contributed by atoms with E-state index >= 15 is 0 Å². The van der Waals surface area contributed by atoms with Gasteiger partial charge in [0.05, 0.1) is 18.6 Å². The number of hydrogen-bond donors (Lipinski definition) is 10. The van der Waals surface area contributed by atoms with Gasteiger partial charge >= 0.3 is 41.9 Å². The maximum Gasteiger partial charge on any atom is 0.407 e. The topological polar surface area (TPSA) is 436 Å². The Balaban J connectivity index is 0.000000468. The normalized spacial score (nSPS) is 11.8. The number of halogens is 2. The van der Waals surface area contributed by atoms with E-state index in [1.54, 1.807) is 38.6 Å². The van der Waals surface area contributed by atoms with Gasteiger partial charge in [0.1, 0.15) is 35.9 Å². The summed E-state index contributed by atoms with van der Waals surface area (Å²) in [6.45, 7) is 17.8. The van der Waals surface area contributed by atoms with E-state index in [0.29, 0.717) is 79.6 Å². The number of carbonyl (C=O) groups excluding carboxylic acids is 4. The van der Waals surface area contributed by atoms with E-state index in [-0.39, 0.29) is 69.9 Å². The Morgan fingerprint density at radius 1 is 0.724 bits per heavy atom. The number of unbranched alkanes of at least 4 members (excludes halogenated alkanes) is 4. The molecule has 27 nitrogen and oxygen atoms in total. The third-order valence-corrected chi connectivity index (χ3v) is 15.8. The number of carbonyl (C=O) groups is 7. The first-order chi connectivity index (χ1) is 50.1. The zero-order chi connectivity index (χ0) is 78.1. The van der Waals surface area contributed by atoms with Gasteiger partial charge in [-0.2, -0.15) is 0 Å². The van der Waals surface area contributed by atoms with Gasteiger partial charge in [0, 0.05) is 71.6 Å². The van der Waals surface area contributed by atoms with Crippen molar-refractivity contribution in [3.05, 3.63) is 212 Å². The lowest BCUT2D eigenvalue weighted by molar-refractivity contribution is -0.459. The summed E-state index contributed by atoms with van der Waals surface area (Å²) in [6, 6.07) is 40.2. The zero-order valence-electron chi connectivity index (χ0n) is 60.1. The number of aliphatic hydroxyl groups excluding tert-OH is 1. The van der Waals surface area contributed by atoms with Crippen LogP contribution in [0.15, 0.2) is 168 Å². The van der Waals surface area contributed by atoms with Gasteiger partial charge in [0.15, 0.2) is 6.61 Å². The standard InChI is InChI=1S/C22H25N3O4.C20H16Cl2.C19H31N7O5.C7H8O2.C6H11N3O2.C2H6O/c1-14(23)24-12-6-11-20(21(26)27)25-22(28)29-13-19-17-9-4-2-7-15(17)16-8-3-5-10-18(16)19;1-15-11-13-17(14-12-15)20(22,16-7-3-2-4-8-16)18-9-5-6-10-19(18)21;1-13(2)18(30)31-12-14-11-26(25-24-14)10-5-3-4-8-16(27)23-15(17(28)29)7-6-9-22-19(20)21;1-4-5-9-7(8)6(2)3;7-9-8-5-3-1-2-4-6(10)11;1-2-3/h2-5,7-10,19-20H,6,11-13H2,1H3,(H2,23,24)(H,25,28)(H,26,27);2-14H,1H3;11,15H,1,3-10,12H2,2H3,(H,23,27)(H,28,29)(H4,20,21,22);1H,2,5H2,3H3;1-5H2,(H,10,11);3H,2H2,1H3/p+1. The number of benzene rings is 5. The molecule has 0 bridgehead atoms. The minimum absolute atomic E-state index is 0.0195. The van der Waals surface area contributed by atoms with Gasteiger partial charge in [-0.05, 0) is 131 Å². The second kappa shape index (κ2) is 51.2. The number of amidine groups is 1. The quantitative estimate of drug-likeness (QED) is 0.00146. The van der Waals surface area contributed by atoms with E-state index in [0.717, 1.165) is 64.6 Å². The van der Waals surface area contributed by atoms with Crippen LogP contribution in [0.5, 0.6) is 0 Å². The molecule has 5 aromatic carbocycles. The first-order valence-corrected chi connectivity index (χ1v) is 34.5. The van der Waals surface area contributed by atoms with Crippen molar-refractivity contribution in [1.29, 1.82) is 0 Å². The molecule has 6 aromatic rings. The van der Waals surface area contributed by atoms with E-state index < -0.39 is 52.9 Å². The maximum atomic E-state index is 12.2. The van der Waals surface area contributed by atoms with Crippen LogP contribution in [0.1, 0.15) is 150 Å². The molecule has 7 rings (SSSR count). The number of guanidine groups is 1. The summed E-state index contributed by atoms with van der Waals surface area (Å²) in [7, 11) is 0. The number of aliphatic imine (C=N–C) groups is 1. The van der Waals surface area contributed by atoms with Crippen LogP contribution in [0.2, 0.25) is 5.02 Å². The number of azide groups is 1. The molecule has 0 radical (unpaired) electrons. The molecule has 29 heteroatoms. The van der Waals surface area contributed by atoms with E-state index in [4.69, 9.17) is 72.0 Å². The van der Waals surface area contributed by atoms with Crippen LogP contribution in [0.3, 0.4) is 0 Å².